The largest absolute Gasteiger partial charge is 0.478 e. The topological polar surface area (TPSA) is 50.4 Å². The molecule has 3 rings (SSSR count). The molecule has 0 fully saturated rings. The van der Waals surface area contributed by atoms with Crippen LogP contribution in [0.25, 0.3) is 21.9 Å². The second-order valence-corrected chi connectivity index (χ2v) is 4.20. The zero-order chi connectivity index (χ0) is 12.0. The average Bonchev–Trinajstić information content (AvgIpc) is 2.66. The van der Waals surface area contributed by atoms with Gasteiger partial charge in [0.25, 0.3) is 0 Å². The number of aromatic carboxylic acids is 1. The van der Waals surface area contributed by atoms with E-state index in [1.54, 1.807) is 30.3 Å². The number of carbonyl (C=O) groups is 1. The molecule has 0 aliphatic rings. The van der Waals surface area contributed by atoms with E-state index >= 15 is 0 Å². The van der Waals surface area contributed by atoms with Gasteiger partial charge in [-0.2, -0.15) is 0 Å². The molecule has 3 aromatic rings. The minimum absolute atomic E-state index is 0.236. The Balaban J connectivity index is 2.43. The highest BCUT2D eigenvalue weighted by molar-refractivity contribution is 6.31. The van der Waals surface area contributed by atoms with Gasteiger partial charge in [0.15, 0.2) is 0 Å². The summed E-state index contributed by atoms with van der Waals surface area (Å²) in [7, 11) is 0. The van der Waals surface area contributed by atoms with Crippen LogP contribution in [0.3, 0.4) is 0 Å². The zero-order valence-electron chi connectivity index (χ0n) is 8.61. The van der Waals surface area contributed by atoms with Gasteiger partial charge in [-0.15, -0.1) is 0 Å². The molecule has 0 aliphatic heterocycles. The molecule has 0 amide bonds. The van der Waals surface area contributed by atoms with Crippen molar-refractivity contribution >= 4 is 39.5 Å². The van der Waals surface area contributed by atoms with Gasteiger partial charge in [-0.1, -0.05) is 11.6 Å². The summed E-state index contributed by atoms with van der Waals surface area (Å²) in [4.78, 5) is 10.9. The lowest BCUT2D eigenvalue weighted by Gasteiger charge is -1.94. The molecule has 4 heteroatoms. The first-order chi connectivity index (χ1) is 8.15. The number of carboxylic acid groups (broad SMARTS) is 1. The van der Waals surface area contributed by atoms with Gasteiger partial charge in [-0.3, -0.25) is 0 Å². The highest BCUT2D eigenvalue weighted by Crippen LogP contribution is 2.31. The maximum atomic E-state index is 10.9. The number of hydrogen-bond acceptors (Lipinski definition) is 2. The number of hydrogen-bond donors (Lipinski definition) is 1. The molecule has 0 radical (unpaired) electrons. The summed E-state index contributed by atoms with van der Waals surface area (Å²) in [6.07, 6.45) is 0. The molecule has 1 heterocycles. The van der Waals surface area contributed by atoms with Crippen molar-refractivity contribution in [3.05, 3.63) is 47.0 Å². The number of rotatable bonds is 1. The molecule has 0 spiro atoms. The highest BCUT2D eigenvalue weighted by atomic mass is 35.5. The van der Waals surface area contributed by atoms with E-state index in [1.165, 1.54) is 6.07 Å². The van der Waals surface area contributed by atoms with Gasteiger partial charge in [0.2, 0.25) is 0 Å². The fraction of sp³-hybridized carbons (Fsp3) is 0. The molecule has 1 aromatic heterocycles. The van der Waals surface area contributed by atoms with Crippen molar-refractivity contribution in [3.8, 4) is 0 Å². The van der Waals surface area contributed by atoms with Gasteiger partial charge in [0.05, 0.1) is 5.56 Å². The maximum Gasteiger partial charge on any atom is 0.335 e. The van der Waals surface area contributed by atoms with Gasteiger partial charge in [-0.05, 0) is 36.4 Å². The quantitative estimate of drug-likeness (QED) is 0.708. The first-order valence-corrected chi connectivity index (χ1v) is 5.38. The molecule has 0 atom stereocenters. The van der Waals surface area contributed by atoms with Crippen LogP contribution in [-0.2, 0) is 0 Å². The van der Waals surface area contributed by atoms with E-state index in [2.05, 4.69) is 0 Å². The molecule has 0 saturated heterocycles. The summed E-state index contributed by atoms with van der Waals surface area (Å²) < 4.78 is 5.59. The molecule has 0 bridgehead atoms. The van der Waals surface area contributed by atoms with Crippen molar-refractivity contribution in [2.75, 3.05) is 0 Å². The van der Waals surface area contributed by atoms with Crippen LogP contribution in [0.1, 0.15) is 10.4 Å². The van der Waals surface area contributed by atoms with Crippen LogP contribution in [0.4, 0.5) is 0 Å². The van der Waals surface area contributed by atoms with Crippen molar-refractivity contribution in [3.63, 3.8) is 0 Å². The van der Waals surface area contributed by atoms with Crippen LogP contribution in [0.15, 0.2) is 40.8 Å². The number of furan rings is 1. The van der Waals surface area contributed by atoms with Crippen LogP contribution in [0.2, 0.25) is 5.02 Å². The molecule has 3 nitrogen and oxygen atoms in total. The zero-order valence-corrected chi connectivity index (χ0v) is 9.36. The fourth-order valence-corrected chi connectivity index (χ4v) is 2.05. The molecular formula is C13H7ClO3. The minimum atomic E-state index is -0.955. The lowest BCUT2D eigenvalue weighted by molar-refractivity contribution is 0.0697. The summed E-state index contributed by atoms with van der Waals surface area (Å²) in [6.45, 7) is 0. The molecule has 0 aliphatic carbocycles. The number of benzene rings is 2. The Kier molecular flexibility index (Phi) is 2.09. The maximum absolute atomic E-state index is 10.9. The van der Waals surface area contributed by atoms with E-state index in [0.717, 1.165) is 10.8 Å². The van der Waals surface area contributed by atoms with E-state index in [1.807, 2.05) is 0 Å². The van der Waals surface area contributed by atoms with Crippen molar-refractivity contribution in [2.24, 2.45) is 0 Å². The first-order valence-electron chi connectivity index (χ1n) is 5.00. The van der Waals surface area contributed by atoms with Crippen LogP contribution in [0, 0.1) is 0 Å². The summed E-state index contributed by atoms with van der Waals surface area (Å²) in [6, 6.07) is 10.1. The summed E-state index contributed by atoms with van der Waals surface area (Å²) in [5.74, 6) is -0.955. The number of carboxylic acids is 1. The molecule has 17 heavy (non-hydrogen) atoms. The van der Waals surface area contributed by atoms with Gasteiger partial charge in [0.1, 0.15) is 11.2 Å². The molecule has 84 valence electrons. The Hall–Kier alpha value is -2.00. The van der Waals surface area contributed by atoms with Crippen LogP contribution >= 0.6 is 11.6 Å². The Morgan fingerprint density at radius 1 is 1.06 bits per heavy atom. The Labute approximate surface area is 101 Å². The van der Waals surface area contributed by atoms with Crippen LogP contribution in [0.5, 0.6) is 0 Å². The second kappa shape index (κ2) is 3.50. The van der Waals surface area contributed by atoms with E-state index < -0.39 is 5.97 Å². The summed E-state index contributed by atoms with van der Waals surface area (Å²) >= 11 is 5.92. The van der Waals surface area contributed by atoms with Crippen molar-refractivity contribution in [2.45, 2.75) is 0 Å². The lowest BCUT2D eigenvalue weighted by atomic mass is 10.1. The smallest absolute Gasteiger partial charge is 0.335 e. The third-order valence-corrected chi connectivity index (χ3v) is 2.91. The van der Waals surface area contributed by atoms with Crippen molar-refractivity contribution in [1.82, 2.24) is 0 Å². The Morgan fingerprint density at radius 2 is 1.71 bits per heavy atom. The molecule has 2 aromatic carbocycles. The third kappa shape index (κ3) is 1.56. The standard InChI is InChI=1S/C13H7ClO3/c14-8-2-4-12-10(6-8)9-5-7(13(15)16)1-3-11(9)17-12/h1-6H,(H,15,16). The predicted molar refractivity (Wildman–Crippen MR) is 65.7 cm³/mol. The molecule has 0 saturated carbocycles. The number of fused-ring (bicyclic) bond motifs is 3. The van der Waals surface area contributed by atoms with Crippen molar-refractivity contribution in [1.29, 1.82) is 0 Å². The van der Waals surface area contributed by atoms with Gasteiger partial charge in [-0.25, -0.2) is 4.79 Å². The van der Waals surface area contributed by atoms with Crippen LogP contribution < -0.4 is 0 Å². The van der Waals surface area contributed by atoms with E-state index in [-0.39, 0.29) is 5.56 Å². The molecular weight excluding hydrogens is 240 g/mol. The summed E-state index contributed by atoms with van der Waals surface area (Å²) in [5.41, 5.74) is 1.60. The first kappa shape index (κ1) is 10.2. The second-order valence-electron chi connectivity index (χ2n) is 3.76. The summed E-state index contributed by atoms with van der Waals surface area (Å²) in [5, 5.41) is 11.1. The third-order valence-electron chi connectivity index (χ3n) is 2.68. The van der Waals surface area contributed by atoms with Gasteiger partial charge < -0.3 is 9.52 Å². The Morgan fingerprint density at radius 3 is 2.41 bits per heavy atom. The number of halogens is 1. The molecule has 0 unspecified atom stereocenters. The van der Waals surface area contributed by atoms with E-state index in [0.29, 0.717) is 16.2 Å². The normalized spacial score (nSPS) is 11.1. The van der Waals surface area contributed by atoms with Crippen LogP contribution in [-0.4, -0.2) is 11.1 Å². The van der Waals surface area contributed by atoms with E-state index in [4.69, 9.17) is 21.1 Å². The Bertz CT molecular complexity index is 743. The predicted octanol–water partition coefficient (Wildman–Crippen LogP) is 3.94. The minimum Gasteiger partial charge on any atom is -0.478 e. The SMILES string of the molecule is O=C(O)c1ccc2oc3ccc(Cl)cc3c2c1. The van der Waals surface area contributed by atoms with E-state index in [9.17, 15) is 4.79 Å². The van der Waals surface area contributed by atoms with Gasteiger partial charge >= 0.3 is 5.97 Å². The molecule has 1 N–H and O–H groups in total. The van der Waals surface area contributed by atoms with Gasteiger partial charge in [0, 0.05) is 15.8 Å². The highest BCUT2D eigenvalue weighted by Gasteiger charge is 2.10. The van der Waals surface area contributed by atoms with Crippen molar-refractivity contribution < 1.29 is 14.3 Å². The lowest BCUT2D eigenvalue weighted by Crippen LogP contribution is -1.94. The fourth-order valence-electron chi connectivity index (χ4n) is 1.88. The average molecular weight is 247 g/mol. The monoisotopic (exact) mass is 246 g/mol.